The second kappa shape index (κ2) is 4.38. The van der Waals surface area contributed by atoms with Crippen LogP contribution in [0.3, 0.4) is 0 Å². The lowest BCUT2D eigenvalue weighted by atomic mass is 9.66. The van der Waals surface area contributed by atoms with Crippen LogP contribution in [0.15, 0.2) is 18.2 Å². The summed E-state index contributed by atoms with van der Waals surface area (Å²) in [6.45, 7) is 2.07. The van der Waals surface area contributed by atoms with Gasteiger partial charge in [0, 0.05) is 12.0 Å². The average molecular weight is 304 g/mol. The van der Waals surface area contributed by atoms with Gasteiger partial charge in [0.1, 0.15) is 11.5 Å². The van der Waals surface area contributed by atoms with E-state index in [0.717, 1.165) is 24.8 Å². The number of fused-ring (bicyclic) bond motifs is 1. The van der Waals surface area contributed by atoms with Crippen LogP contribution in [0.1, 0.15) is 31.7 Å². The van der Waals surface area contributed by atoms with E-state index in [2.05, 4.69) is 6.92 Å². The van der Waals surface area contributed by atoms with E-state index in [4.69, 9.17) is 18.9 Å². The lowest BCUT2D eigenvalue weighted by Gasteiger charge is -2.52. The number of carbonyl (C=O) groups is 1. The number of carbonyl (C=O) groups excluding carboxylic acids is 1. The molecule has 1 saturated carbocycles. The molecule has 0 N–H and O–H groups in total. The molecule has 4 atom stereocenters. The third-order valence-corrected chi connectivity index (χ3v) is 5.35. The molecule has 0 radical (unpaired) electrons. The SMILES string of the molecule is COc1ccc([C@]23OC(=O)C4CC(C)(CCC42)O3)c(OC)c1. The Balaban J connectivity index is 1.86. The van der Waals surface area contributed by atoms with E-state index in [-0.39, 0.29) is 23.4 Å². The van der Waals surface area contributed by atoms with E-state index < -0.39 is 5.79 Å². The molecule has 3 saturated heterocycles. The fourth-order valence-corrected chi connectivity index (χ4v) is 4.33. The number of hydrogen-bond donors (Lipinski definition) is 0. The monoisotopic (exact) mass is 304 g/mol. The Labute approximate surface area is 129 Å². The number of benzene rings is 1. The summed E-state index contributed by atoms with van der Waals surface area (Å²) in [7, 11) is 3.21. The molecule has 3 heterocycles. The maximum absolute atomic E-state index is 12.3. The van der Waals surface area contributed by atoms with Gasteiger partial charge >= 0.3 is 5.97 Å². The predicted molar refractivity (Wildman–Crippen MR) is 77.6 cm³/mol. The molecule has 0 spiro atoms. The van der Waals surface area contributed by atoms with Crippen molar-refractivity contribution in [3.63, 3.8) is 0 Å². The Kier molecular flexibility index (Phi) is 2.77. The molecular weight excluding hydrogens is 284 g/mol. The second-order valence-corrected chi connectivity index (χ2v) is 6.66. The first-order valence-corrected chi connectivity index (χ1v) is 7.67. The molecule has 5 heteroatoms. The fraction of sp³-hybridized carbons (Fsp3) is 0.588. The number of rotatable bonds is 3. The van der Waals surface area contributed by atoms with E-state index in [1.165, 1.54) is 0 Å². The number of ether oxygens (including phenoxy) is 4. The maximum atomic E-state index is 12.3. The molecule has 4 fully saturated rings. The normalized spacial score (nSPS) is 38.8. The van der Waals surface area contributed by atoms with Gasteiger partial charge in [-0.3, -0.25) is 4.79 Å². The third kappa shape index (κ3) is 1.66. The van der Waals surface area contributed by atoms with Crippen molar-refractivity contribution < 1.29 is 23.7 Å². The Morgan fingerprint density at radius 2 is 2.09 bits per heavy atom. The van der Waals surface area contributed by atoms with E-state index in [1.54, 1.807) is 20.3 Å². The first kappa shape index (κ1) is 13.9. The first-order valence-electron chi connectivity index (χ1n) is 7.67. The molecule has 4 bridgehead atoms. The van der Waals surface area contributed by atoms with Gasteiger partial charge in [-0.1, -0.05) is 0 Å². The third-order valence-electron chi connectivity index (χ3n) is 5.35. The van der Waals surface area contributed by atoms with Crippen molar-refractivity contribution in [2.24, 2.45) is 11.8 Å². The number of methoxy groups -OCH3 is 2. The quantitative estimate of drug-likeness (QED) is 0.804. The molecule has 4 aliphatic rings. The molecule has 3 unspecified atom stereocenters. The van der Waals surface area contributed by atoms with E-state index in [1.807, 2.05) is 12.1 Å². The Morgan fingerprint density at radius 3 is 2.77 bits per heavy atom. The predicted octanol–water partition coefficient (Wildman–Crippen LogP) is 2.62. The molecule has 22 heavy (non-hydrogen) atoms. The van der Waals surface area contributed by atoms with Gasteiger partial charge in [0.15, 0.2) is 0 Å². The van der Waals surface area contributed by atoms with Crippen LogP contribution in [-0.2, 0) is 20.1 Å². The van der Waals surface area contributed by atoms with Crippen LogP contribution in [0, 0.1) is 11.8 Å². The zero-order valence-corrected chi connectivity index (χ0v) is 13.0. The van der Waals surface area contributed by atoms with Crippen LogP contribution < -0.4 is 9.47 Å². The molecule has 1 aromatic carbocycles. The number of esters is 1. The lowest BCUT2D eigenvalue weighted by Crippen LogP contribution is -2.55. The molecule has 1 aliphatic carbocycles. The van der Waals surface area contributed by atoms with Crippen LogP contribution in [0.2, 0.25) is 0 Å². The van der Waals surface area contributed by atoms with Gasteiger partial charge < -0.3 is 18.9 Å². The van der Waals surface area contributed by atoms with E-state index in [9.17, 15) is 4.79 Å². The van der Waals surface area contributed by atoms with Crippen molar-refractivity contribution in [2.75, 3.05) is 14.2 Å². The van der Waals surface area contributed by atoms with Crippen molar-refractivity contribution in [2.45, 2.75) is 37.6 Å². The number of hydrogen-bond acceptors (Lipinski definition) is 5. The molecule has 1 aromatic rings. The van der Waals surface area contributed by atoms with Crippen LogP contribution in [0.25, 0.3) is 0 Å². The highest BCUT2D eigenvalue weighted by Crippen LogP contribution is 2.62. The van der Waals surface area contributed by atoms with Crippen LogP contribution in [0.5, 0.6) is 11.5 Å². The van der Waals surface area contributed by atoms with Gasteiger partial charge in [0.05, 0.1) is 31.3 Å². The second-order valence-electron chi connectivity index (χ2n) is 6.66. The summed E-state index contributed by atoms with van der Waals surface area (Å²) in [4.78, 5) is 12.3. The summed E-state index contributed by atoms with van der Waals surface area (Å²) in [6.07, 6.45) is 2.64. The molecule has 0 aromatic heterocycles. The van der Waals surface area contributed by atoms with Crippen LogP contribution in [0.4, 0.5) is 0 Å². The summed E-state index contributed by atoms with van der Waals surface area (Å²) < 4.78 is 22.9. The molecule has 5 rings (SSSR count). The lowest BCUT2D eigenvalue weighted by molar-refractivity contribution is -0.327. The van der Waals surface area contributed by atoms with Gasteiger partial charge in [-0.05, 0) is 38.3 Å². The summed E-state index contributed by atoms with van der Waals surface area (Å²) in [5.74, 6) is 0.161. The highest BCUT2D eigenvalue weighted by atomic mass is 16.7. The summed E-state index contributed by atoms with van der Waals surface area (Å²) in [6, 6.07) is 5.54. The fourth-order valence-electron chi connectivity index (χ4n) is 4.33. The highest BCUT2D eigenvalue weighted by Gasteiger charge is 2.68. The molecular formula is C17H20O5. The molecule has 5 nitrogen and oxygen atoms in total. The largest absolute Gasteiger partial charge is 0.497 e. The van der Waals surface area contributed by atoms with Crippen LogP contribution >= 0.6 is 0 Å². The zero-order chi connectivity index (χ0) is 15.5. The van der Waals surface area contributed by atoms with Gasteiger partial charge in [-0.25, -0.2) is 0 Å². The van der Waals surface area contributed by atoms with Gasteiger partial charge in [0.25, 0.3) is 0 Å². The van der Waals surface area contributed by atoms with Gasteiger partial charge in [0.2, 0.25) is 5.79 Å². The van der Waals surface area contributed by atoms with Crippen molar-refractivity contribution in [1.29, 1.82) is 0 Å². The van der Waals surface area contributed by atoms with Crippen molar-refractivity contribution in [3.8, 4) is 11.5 Å². The topological polar surface area (TPSA) is 54.0 Å². The minimum atomic E-state index is -1.01. The van der Waals surface area contributed by atoms with Crippen molar-refractivity contribution in [3.05, 3.63) is 23.8 Å². The Hall–Kier alpha value is -1.75. The minimum Gasteiger partial charge on any atom is -0.497 e. The first-order chi connectivity index (χ1) is 10.5. The van der Waals surface area contributed by atoms with Crippen LogP contribution in [-0.4, -0.2) is 25.8 Å². The summed E-state index contributed by atoms with van der Waals surface area (Å²) >= 11 is 0. The summed E-state index contributed by atoms with van der Waals surface area (Å²) in [5, 5.41) is 0. The standard InChI is InChI=1S/C17H20O5/c1-16-7-6-12-11(9-16)15(18)21-17(12,22-16)13-5-4-10(19-2)8-14(13)20-3/h4-5,8,11-12H,6-7,9H2,1-3H3/t11?,12?,16?,17-/m0/s1. The summed E-state index contributed by atoms with van der Waals surface area (Å²) in [5.41, 5.74) is 0.471. The van der Waals surface area contributed by atoms with Crippen molar-refractivity contribution >= 4 is 5.97 Å². The smallest absolute Gasteiger partial charge is 0.312 e. The molecule has 118 valence electrons. The Morgan fingerprint density at radius 1 is 1.27 bits per heavy atom. The minimum absolute atomic E-state index is 0.0594. The van der Waals surface area contributed by atoms with Gasteiger partial charge in [-0.2, -0.15) is 0 Å². The van der Waals surface area contributed by atoms with E-state index in [0.29, 0.717) is 11.5 Å². The zero-order valence-electron chi connectivity index (χ0n) is 13.0. The molecule has 3 aliphatic heterocycles. The van der Waals surface area contributed by atoms with Gasteiger partial charge in [-0.15, -0.1) is 0 Å². The highest BCUT2D eigenvalue weighted by molar-refractivity contribution is 5.77. The van der Waals surface area contributed by atoms with Crippen molar-refractivity contribution in [1.82, 2.24) is 0 Å². The molecule has 0 amide bonds. The van der Waals surface area contributed by atoms with E-state index >= 15 is 0 Å². The Bertz CT molecular complexity index is 642. The maximum Gasteiger partial charge on any atom is 0.312 e. The average Bonchev–Trinajstić information content (AvgIpc) is 2.73.